The summed E-state index contributed by atoms with van der Waals surface area (Å²) in [6, 6.07) is -1.80. The molecule has 1 aliphatic heterocycles. The van der Waals surface area contributed by atoms with Gasteiger partial charge in [-0.05, 0) is 50.5 Å². The van der Waals surface area contributed by atoms with Crippen LogP contribution in [0.2, 0.25) is 0 Å². The number of Topliss-reactive ketones (excluding diaryl/α,β-unsaturated/α-hetero) is 1. The highest BCUT2D eigenvalue weighted by Crippen LogP contribution is 2.23. The van der Waals surface area contributed by atoms with Crippen molar-refractivity contribution in [2.45, 2.75) is 106 Å². The number of ether oxygens (including phenoxy) is 1. The molecule has 9 heteroatoms. The van der Waals surface area contributed by atoms with Crippen LogP contribution in [0.3, 0.4) is 0 Å². The Bertz CT molecular complexity index is 939. The number of carboxylic acid groups (broad SMARTS) is 1. The number of carbonyl (C=O) groups is 5. The van der Waals surface area contributed by atoms with E-state index in [4.69, 9.17) is 9.84 Å². The van der Waals surface area contributed by atoms with Crippen LogP contribution in [-0.4, -0.2) is 52.8 Å². The monoisotopic (exact) mass is 534 g/mol. The Hall–Kier alpha value is -2.97. The standard InChI is InChI=1S/C29H46N2O7/c1-9-19(6)26-28(36)31-27(20(7)10-2)29(37)38-23(21(8)22(32)15-24(33)30-26)13-17(4)11-16(3)12-18(5)14-25(34)35/h13-14,16,19-21,23,26-27H,9-12,15H2,1-8H3,(H,30,33)(H,31,36)(H,34,35)/b17-13+,18-14+/t16?,19-,20-,21-,23-,26+,27-/m0/s1. The summed E-state index contributed by atoms with van der Waals surface area (Å²) in [6.45, 7) is 14.7. The van der Waals surface area contributed by atoms with E-state index < -0.39 is 54.3 Å². The first-order valence-corrected chi connectivity index (χ1v) is 13.6. The maximum absolute atomic E-state index is 13.4. The van der Waals surface area contributed by atoms with Crippen molar-refractivity contribution in [1.29, 1.82) is 0 Å². The Morgan fingerprint density at radius 3 is 2.08 bits per heavy atom. The lowest BCUT2D eigenvalue weighted by atomic mass is 9.90. The van der Waals surface area contributed by atoms with E-state index in [1.165, 1.54) is 6.08 Å². The van der Waals surface area contributed by atoms with Gasteiger partial charge in [-0.1, -0.05) is 65.5 Å². The lowest BCUT2D eigenvalue weighted by Gasteiger charge is -2.31. The Labute approximate surface area is 226 Å². The van der Waals surface area contributed by atoms with Crippen LogP contribution in [0.1, 0.15) is 87.5 Å². The summed E-state index contributed by atoms with van der Waals surface area (Å²) in [5.74, 6) is -4.10. The van der Waals surface area contributed by atoms with Gasteiger partial charge >= 0.3 is 11.9 Å². The molecule has 7 atom stereocenters. The predicted octanol–water partition coefficient (Wildman–Crippen LogP) is 3.96. The molecule has 1 unspecified atom stereocenters. The third kappa shape index (κ3) is 10.4. The number of carbonyl (C=O) groups excluding carboxylic acids is 4. The van der Waals surface area contributed by atoms with E-state index in [1.807, 2.05) is 41.5 Å². The fraction of sp³-hybridized carbons (Fsp3) is 0.690. The Morgan fingerprint density at radius 1 is 0.974 bits per heavy atom. The number of hydrogen-bond donors (Lipinski definition) is 3. The zero-order valence-electron chi connectivity index (χ0n) is 24.1. The lowest BCUT2D eigenvalue weighted by molar-refractivity contribution is -0.156. The molecule has 0 bridgehead atoms. The molecule has 38 heavy (non-hydrogen) atoms. The van der Waals surface area contributed by atoms with Crippen LogP contribution in [0.25, 0.3) is 0 Å². The van der Waals surface area contributed by atoms with Gasteiger partial charge in [0.1, 0.15) is 24.0 Å². The minimum absolute atomic E-state index is 0.116. The smallest absolute Gasteiger partial charge is 0.329 e. The molecule has 2 amide bonds. The van der Waals surface area contributed by atoms with Gasteiger partial charge in [-0.3, -0.25) is 14.4 Å². The van der Waals surface area contributed by atoms with E-state index >= 15 is 0 Å². The van der Waals surface area contributed by atoms with Crippen molar-refractivity contribution in [3.05, 3.63) is 23.3 Å². The molecule has 0 aliphatic carbocycles. The van der Waals surface area contributed by atoms with Gasteiger partial charge in [0.15, 0.2) is 0 Å². The topological polar surface area (TPSA) is 139 Å². The molecule has 214 valence electrons. The maximum Gasteiger partial charge on any atom is 0.329 e. The number of aliphatic carboxylic acids is 1. The first-order valence-electron chi connectivity index (χ1n) is 13.6. The second-order valence-corrected chi connectivity index (χ2v) is 11.0. The van der Waals surface area contributed by atoms with Crippen LogP contribution in [0.15, 0.2) is 23.3 Å². The Kier molecular flexibility index (Phi) is 13.4. The van der Waals surface area contributed by atoms with Crippen LogP contribution < -0.4 is 10.6 Å². The van der Waals surface area contributed by atoms with Gasteiger partial charge in [-0.15, -0.1) is 0 Å². The van der Waals surface area contributed by atoms with E-state index in [-0.39, 0.29) is 23.5 Å². The summed E-state index contributed by atoms with van der Waals surface area (Å²) >= 11 is 0. The number of amides is 2. The van der Waals surface area contributed by atoms with Crippen molar-refractivity contribution in [3.8, 4) is 0 Å². The van der Waals surface area contributed by atoms with Gasteiger partial charge in [-0.2, -0.15) is 0 Å². The maximum atomic E-state index is 13.4. The Morgan fingerprint density at radius 2 is 1.53 bits per heavy atom. The highest BCUT2D eigenvalue weighted by molar-refractivity contribution is 6.01. The SMILES string of the molecule is CC[C@H](C)[C@@H]1NC(=O)[C@@H]([C@@H](C)CC)NC(=O)CC(=O)[C@H](C)[C@H](/C=C(\C)CC(C)C/C(C)=C/C(=O)O)OC1=O. The van der Waals surface area contributed by atoms with E-state index in [0.29, 0.717) is 25.7 Å². The zero-order valence-corrected chi connectivity index (χ0v) is 24.1. The molecule has 0 radical (unpaired) electrons. The van der Waals surface area contributed by atoms with E-state index in [0.717, 1.165) is 11.1 Å². The molecule has 0 aromatic heterocycles. The van der Waals surface area contributed by atoms with Gasteiger partial charge < -0.3 is 20.5 Å². The fourth-order valence-electron chi connectivity index (χ4n) is 4.62. The summed E-state index contributed by atoms with van der Waals surface area (Å²) < 4.78 is 5.86. The largest absolute Gasteiger partial charge is 0.478 e. The molecule has 0 saturated carbocycles. The fourth-order valence-corrected chi connectivity index (χ4v) is 4.62. The number of nitrogens with one attached hydrogen (secondary N) is 2. The molecule has 3 N–H and O–H groups in total. The number of rotatable bonds is 10. The number of hydrogen-bond acceptors (Lipinski definition) is 6. The van der Waals surface area contributed by atoms with Crippen molar-refractivity contribution >= 4 is 29.5 Å². The summed E-state index contributed by atoms with van der Waals surface area (Å²) in [5.41, 5.74) is 1.61. The molecule has 1 aliphatic rings. The summed E-state index contributed by atoms with van der Waals surface area (Å²) in [7, 11) is 0. The number of esters is 1. The minimum Gasteiger partial charge on any atom is -0.478 e. The van der Waals surface area contributed by atoms with Gasteiger partial charge in [0, 0.05) is 6.08 Å². The first kappa shape index (κ1) is 33.1. The molecule has 0 aromatic carbocycles. The van der Waals surface area contributed by atoms with E-state index in [1.54, 1.807) is 19.9 Å². The summed E-state index contributed by atoms with van der Waals surface area (Å²) in [5, 5.41) is 14.5. The third-order valence-corrected chi connectivity index (χ3v) is 7.32. The Balaban J connectivity index is 3.32. The number of cyclic esters (lactones) is 1. The highest BCUT2D eigenvalue weighted by atomic mass is 16.5. The number of ketones is 1. The zero-order chi connectivity index (χ0) is 29.2. The molecule has 1 heterocycles. The van der Waals surface area contributed by atoms with Gasteiger partial charge in [-0.25, -0.2) is 9.59 Å². The summed E-state index contributed by atoms with van der Waals surface area (Å²) in [6.07, 6.45) is 3.98. The number of allylic oxidation sites excluding steroid dienone is 2. The second-order valence-electron chi connectivity index (χ2n) is 11.0. The van der Waals surface area contributed by atoms with Crippen LogP contribution in [0.4, 0.5) is 0 Å². The summed E-state index contributed by atoms with van der Waals surface area (Å²) in [4.78, 5) is 63.3. The molecule has 1 saturated heterocycles. The van der Waals surface area contributed by atoms with Crippen molar-refractivity contribution < 1.29 is 33.8 Å². The van der Waals surface area contributed by atoms with Gasteiger partial charge in [0.25, 0.3) is 0 Å². The molecule has 1 rings (SSSR count). The average Bonchev–Trinajstić information content (AvgIpc) is 2.82. The number of carboxylic acids is 1. The van der Waals surface area contributed by atoms with Crippen molar-refractivity contribution in [3.63, 3.8) is 0 Å². The van der Waals surface area contributed by atoms with Gasteiger partial charge in [0.2, 0.25) is 11.8 Å². The molecular formula is C29H46N2O7. The molecule has 0 aromatic rings. The van der Waals surface area contributed by atoms with Gasteiger partial charge in [0.05, 0.1) is 12.3 Å². The third-order valence-electron chi connectivity index (χ3n) is 7.32. The quantitative estimate of drug-likeness (QED) is 0.167. The predicted molar refractivity (Wildman–Crippen MR) is 145 cm³/mol. The average molecular weight is 535 g/mol. The highest BCUT2D eigenvalue weighted by Gasteiger charge is 2.37. The molecular weight excluding hydrogens is 488 g/mol. The van der Waals surface area contributed by atoms with Crippen molar-refractivity contribution in [1.82, 2.24) is 10.6 Å². The normalized spacial score (nSPS) is 26.7. The van der Waals surface area contributed by atoms with E-state index in [2.05, 4.69) is 10.6 Å². The van der Waals surface area contributed by atoms with Crippen LogP contribution in [-0.2, 0) is 28.7 Å². The first-order chi connectivity index (χ1) is 17.7. The van der Waals surface area contributed by atoms with Crippen molar-refractivity contribution in [2.75, 3.05) is 0 Å². The lowest BCUT2D eigenvalue weighted by Crippen LogP contribution is -2.57. The van der Waals surface area contributed by atoms with Crippen molar-refractivity contribution in [2.24, 2.45) is 23.7 Å². The van der Waals surface area contributed by atoms with E-state index in [9.17, 15) is 24.0 Å². The van der Waals surface area contributed by atoms with Crippen LogP contribution >= 0.6 is 0 Å². The molecule has 9 nitrogen and oxygen atoms in total. The minimum atomic E-state index is -0.989. The van der Waals surface area contributed by atoms with Crippen LogP contribution in [0, 0.1) is 23.7 Å². The van der Waals surface area contributed by atoms with Crippen LogP contribution in [0.5, 0.6) is 0 Å². The molecule has 1 fully saturated rings. The second kappa shape index (κ2) is 15.4. The molecule has 0 spiro atoms.